The van der Waals surface area contributed by atoms with Gasteiger partial charge in [0.2, 0.25) is 5.91 Å². The Morgan fingerprint density at radius 2 is 0.671 bits per heavy atom. The number of carbonyl (C=O) groups is 1. The normalized spacial score (nSPS) is 13.7. The van der Waals surface area contributed by atoms with E-state index in [-0.39, 0.29) is 19.1 Å². The van der Waals surface area contributed by atoms with Gasteiger partial charge in [-0.2, -0.15) is 0 Å². The van der Waals surface area contributed by atoms with E-state index in [0.29, 0.717) is 23.9 Å². The summed E-state index contributed by atoms with van der Waals surface area (Å²) in [7, 11) is 1.33. The van der Waals surface area contributed by atoms with Crippen LogP contribution in [0.5, 0.6) is 0 Å². The molecule has 0 saturated heterocycles. The molecule has 73 heavy (non-hydrogen) atoms. The summed E-state index contributed by atoms with van der Waals surface area (Å²) in [5, 5.41) is 14.0. The first-order valence-corrected chi connectivity index (χ1v) is 34.3. The summed E-state index contributed by atoms with van der Waals surface area (Å²) in [5.74, 6) is -0.155. The standard InChI is InChI=1S/C64H131N2O6P/c1-6-8-10-12-14-16-18-20-22-24-25-26-27-28-29-30-31-32-33-34-35-36-37-38-39-40-41-42-44-46-48-50-52-54-56-58-64(68)65-62(61-72-73(69,70)71-60-59-66(3,4)5)63(67)57-55-53-51-49-47-45-43-23-21-19-17-15-13-11-9-7-2/h62-63,67H,6-61H2,1-5H3,(H-,65,68,69,70). The van der Waals surface area contributed by atoms with E-state index in [1.54, 1.807) is 0 Å². The van der Waals surface area contributed by atoms with Gasteiger partial charge in [0.1, 0.15) is 13.2 Å². The fourth-order valence-electron chi connectivity index (χ4n) is 10.5. The SMILES string of the molecule is CCCCCCCCCCCCCCCCCCCCCCCCCCCCCCCCCCCCCC(=O)NC(COP(=O)([O-])OCC[N+](C)(C)C)C(O)CCCCCCCCCCCCCCCCCC. The highest BCUT2D eigenvalue weighted by Crippen LogP contribution is 2.38. The zero-order valence-electron chi connectivity index (χ0n) is 50.1. The number of nitrogens with zero attached hydrogens (tertiary/aromatic N) is 1. The van der Waals surface area contributed by atoms with Gasteiger partial charge in [-0.1, -0.05) is 335 Å². The second-order valence-corrected chi connectivity index (χ2v) is 25.6. The molecule has 0 saturated carbocycles. The van der Waals surface area contributed by atoms with Crippen molar-refractivity contribution in [3.8, 4) is 0 Å². The number of quaternary nitrogens is 1. The number of rotatable bonds is 62. The summed E-state index contributed by atoms with van der Waals surface area (Å²) in [6, 6.07) is -0.795. The molecule has 9 heteroatoms. The number of phosphoric ester groups is 1. The van der Waals surface area contributed by atoms with Crippen LogP contribution in [0, 0.1) is 0 Å². The van der Waals surface area contributed by atoms with Crippen molar-refractivity contribution in [2.45, 2.75) is 366 Å². The van der Waals surface area contributed by atoms with Crippen LogP contribution in [0.15, 0.2) is 0 Å². The summed E-state index contributed by atoms with van der Waals surface area (Å²) in [6.07, 6.45) is 68.9. The van der Waals surface area contributed by atoms with Crippen LogP contribution in [0.25, 0.3) is 0 Å². The minimum Gasteiger partial charge on any atom is -0.756 e. The Balaban J connectivity index is 3.89. The molecule has 0 rings (SSSR count). The van der Waals surface area contributed by atoms with Crippen LogP contribution in [0.4, 0.5) is 0 Å². The molecule has 3 atom stereocenters. The number of aliphatic hydroxyl groups excluding tert-OH is 1. The maximum absolute atomic E-state index is 13.0. The van der Waals surface area contributed by atoms with Gasteiger partial charge in [-0.25, -0.2) is 0 Å². The van der Waals surface area contributed by atoms with Gasteiger partial charge in [0.05, 0.1) is 39.9 Å². The second kappa shape index (κ2) is 56.2. The highest BCUT2D eigenvalue weighted by Gasteiger charge is 2.24. The zero-order chi connectivity index (χ0) is 53.5. The van der Waals surface area contributed by atoms with Crippen LogP contribution in [0.1, 0.15) is 354 Å². The molecule has 0 aromatic heterocycles. The molecule has 0 aromatic carbocycles. The number of hydrogen-bond acceptors (Lipinski definition) is 6. The number of phosphoric acid groups is 1. The van der Waals surface area contributed by atoms with Gasteiger partial charge in [-0.15, -0.1) is 0 Å². The summed E-state index contributed by atoms with van der Waals surface area (Å²) < 4.78 is 23.5. The molecule has 0 heterocycles. The van der Waals surface area contributed by atoms with E-state index < -0.39 is 20.0 Å². The molecule has 438 valence electrons. The van der Waals surface area contributed by atoms with Crippen molar-refractivity contribution in [3.05, 3.63) is 0 Å². The van der Waals surface area contributed by atoms with Gasteiger partial charge in [-0.3, -0.25) is 9.36 Å². The Labute approximate surface area is 457 Å². The van der Waals surface area contributed by atoms with Crippen molar-refractivity contribution >= 4 is 13.7 Å². The monoisotopic (exact) mass is 1050 g/mol. The Morgan fingerprint density at radius 3 is 0.932 bits per heavy atom. The van der Waals surface area contributed by atoms with E-state index in [1.165, 1.54) is 289 Å². The molecule has 0 spiro atoms. The average Bonchev–Trinajstić information content (AvgIpc) is 3.35. The fraction of sp³-hybridized carbons (Fsp3) is 0.984. The van der Waals surface area contributed by atoms with Crippen LogP contribution >= 0.6 is 7.82 Å². The van der Waals surface area contributed by atoms with Crippen molar-refractivity contribution in [1.82, 2.24) is 5.32 Å². The number of likely N-dealkylation sites (N-methyl/N-ethyl adjacent to an activating group) is 1. The molecule has 3 unspecified atom stereocenters. The molecular formula is C64H131N2O6P. The average molecular weight is 1060 g/mol. The van der Waals surface area contributed by atoms with E-state index in [2.05, 4.69) is 19.2 Å². The Hall–Kier alpha value is -0.500. The molecule has 1 amide bonds. The third-order valence-corrected chi connectivity index (χ3v) is 16.6. The Bertz CT molecular complexity index is 1150. The van der Waals surface area contributed by atoms with E-state index in [4.69, 9.17) is 9.05 Å². The van der Waals surface area contributed by atoms with Crippen molar-refractivity contribution in [3.63, 3.8) is 0 Å². The van der Waals surface area contributed by atoms with Crippen LogP contribution in [0.2, 0.25) is 0 Å². The quantitative estimate of drug-likeness (QED) is 0.0357. The van der Waals surface area contributed by atoms with E-state index in [1.807, 2.05) is 21.1 Å². The van der Waals surface area contributed by atoms with Crippen LogP contribution < -0.4 is 10.2 Å². The predicted octanol–water partition coefficient (Wildman–Crippen LogP) is 19.8. The van der Waals surface area contributed by atoms with E-state index in [9.17, 15) is 19.4 Å². The Kier molecular flexibility index (Phi) is 55.8. The largest absolute Gasteiger partial charge is 0.756 e. The van der Waals surface area contributed by atoms with Gasteiger partial charge in [0.25, 0.3) is 7.82 Å². The molecule has 0 radical (unpaired) electrons. The summed E-state index contributed by atoms with van der Waals surface area (Å²) in [4.78, 5) is 25.6. The highest BCUT2D eigenvalue weighted by atomic mass is 31.2. The van der Waals surface area contributed by atoms with Gasteiger partial charge in [0.15, 0.2) is 0 Å². The fourth-order valence-corrected chi connectivity index (χ4v) is 11.2. The Morgan fingerprint density at radius 1 is 0.425 bits per heavy atom. The lowest BCUT2D eigenvalue weighted by molar-refractivity contribution is -0.870. The summed E-state index contributed by atoms with van der Waals surface area (Å²) in [6.45, 7) is 4.78. The van der Waals surface area contributed by atoms with Gasteiger partial charge in [-0.05, 0) is 12.8 Å². The maximum atomic E-state index is 13.0. The predicted molar refractivity (Wildman–Crippen MR) is 316 cm³/mol. The lowest BCUT2D eigenvalue weighted by Gasteiger charge is -2.30. The van der Waals surface area contributed by atoms with Crippen LogP contribution in [-0.4, -0.2) is 68.5 Å². The molecule has 2 N–H and O–H groups in total. The lowest BCUT2D eigenvalue weighted by Crippen LogP contribution is -2.46. The molecule has 0 aromatic rings. The molecule has 0 aliphatic carbocycles. The molecule has 0 aliphatic rings. The molecule has 0 fully saturated rings. The topological polar surface area (TPSA) is 108 Å². The van der Waals surface area contributed by atoms with Gasteiger partial charge >= 0.3 is 0 Å². The van der Waals surface area contributed by atoms with Crippen molar-refractivity contribution in [2.24, 2.45) is 0 Å². The van der Waals surface area contributed by atoms with Crippen molar-refractivity contribution < 1.29 is 32.9 Å². The third-order valence-electron chi connectivity index (χ3n) is 15.6. The first-order valence-electron chi connectivity index (χ1n) is 32.9. The highest BCUT2D eigenvalue weighted by molar-refractivity contribution is 7.45. The number of aliphatic hydroxyl groups is 1. The van der Waals surface area contributed by atoms with Crippen LogP contribution in [0.3, 0.4) is 0 Å². The van der Waals surface area contributed by atoms with E-state index >= 15 is 0 Å². The lowest BCUT2D eigenvalue weighted by atomic mass is 10.0. The first-order chi connectivity index (χ1) is 35.5. The first kappa shape index (κ1) is 72.5. The van der Waals surface area contributed by atoms with Gasteiger partial charge < -0.3 is 28.8 Å². The zero-order valence-corrected chi connectivity index (χ0v) is 51.0. The summed E-state index contributed by atoms with van der Waals surface area (Å²) in [5.41, 5.74) is 0. The van der Waals surface area contributed by atoms with Crippen molar-refractivity contribution in [1.29, 1.82) is 0 Å². The number of carbonyl (C=O) groups excluding carboxylic acids is 1. The molecule has 0 bridgehead atoms. The third kappa shape index (κ3) is 59.0. The van der Waals surface area contributed by atoms with Crippen molar-refractivity contribution in [2.75, 3.05) is 40.9 Å². The number of nitrogens with one attached hydrogen (secondary N) is 1. The molecular weight excluding hydrogens is 924 g/mol. The summed E-state index contributed by atoms with van der Waals surface area (Å²) >= 11 is 0. The molecule has 0 aliphatic heterocycles. The minimum atomic E-state index is -4.57. The van der Waals surface area contributed by atoms with E-state index in [0.717, 1.165) is 38.5 Å². The van der Waals surface area contributed by atoms with Crippen LogP contribution in [-0.2, 0) is 18.4 Å². The molecule has 8 nitrogen and oxygen atoms in total. The smallest absolute Gasteiger partial charge is 0.268 e. The van der Waals surface area contributed by atoms with Gasteiger partial charge in [0, 0.05) is 6.42 Å². The maximum Gasteiger partial charge on any atom is 0.268 e. The number of amides is 1. The number of unbranched alkanes of at least 4 members (excludes halogenated alkanes) is 49. The number of hydrogen-bond donors (Lipinski definition) is 2. The second-order valence-electron chi connectivity index (χ2n) is 24.2. The minimum absolute atomic E-state index is 0.0167.